The van der Waals surface area contributed by atoms with Crippen LogP contribution >= 0.6 is 0 Å². The molecule has 1 aromatic carbocycles. The highest BCUT2D eigenvalue weighted by Crippen LogP contribution is 2.45. The van der Waals surface area contributed by atoms with Crippen molar-refractivity contribution >= 4 is 15.6 Å². The van der Waals surface area contributed by atoms with E-state index in [-0.39, 0.29) is 23.3 Å². The van der Waals surface area contributed by atoms with Crippen LogP contribution in [0, 0.1) is 0 Å². The predicted molar refractivity (Wildman–Crippen MR) is 117 cm³/mol. The highest BCUT2D eigenvalue weighted by atomic mass is 32.2. The first-order valence-electron chi connectivity index (χ1n) is 10.3. The van der Waals surface area contributed by atoms with E-state index in [0.29, 0.717) is 30.5 Å². The molecule has 31 heavy (non-hydrogen) atoms. The standard InChI is InChI=1S/C24H23FN2O3S/c1-31(29,30)14-15-7-9-17(10-8-15)19-13-27-22(12-20(19)25)26-23-21(28)11-18(24(23)27)16-5-3-2-4-6-16/h2-7,9,12-13,18,22,26H,8,10-11,14H2,1H3/t18-,22?/m1/s1. The summed E-state index contributed by atoms with van der Waals surface area (Å²) in [5, 5.41) is 3.19. The van der Waals surface area contributed by atoms with E-state index >= 15 is 0 Å². The lowest BCUT2D eigenvalue weighted by atomic mass is 9.91. The summed E-state index contributed by atoms with van der Waals surface area (Å²) in [7, 11) is -3.09. The number of carbonyl (C=O) groups is 1. The third kappa shape index (κ3) is 3.67. The Morgan fingerprint density at radius 1 is 1.16 bits per heavy atom. The SMILES string of the molecule is CS(=O)(=O)CC1=CC=C(C2=CN3C4=C(NC3C=C2F)C(=O)C[C@@H]4c2ccccc2)CC1. The lowest BCUT2D eigenvalue weighted by Gasteiger charge is -2.32. The molecule has 1 N–H and O–H groups in total. The number of halogens is 1. The molecule has 160 valence electrons. The smallest absolute Gasteiger partial charge is 0.181 e. The molecule has 7 heteroatoms. The summed E-state index contributed by atoms with van der Waals surface area (Å²) in [5.41, 5.74) is 4.70. The maximum absolute atomic E-state index is 15.0. The van der Waals surface area contributed by atoms with E-state index in [1.165, 1.54) is 12.3 Å². The molecule has 0 bridgehead atoms. The van der Waals surface area contributed by atoms with Crippen molar-refractivity contribution in [2.75, 3.05) is 12.0 Å². The Kier molecular flexibility index (Phi) is 4.73. The third-order valence-electron chi connectivity index (χ3n) is 6.19. The number of sulfone groups is 1. The fourth-order valence-corrected chi connectivity index (χ4v) is 5.71. The number of rotatable bonds is 4. The minimum absolute atomic E-state index is 0.0311. The van der Waals surface area contributed by atoms with E-state index in [1.807, 2.05) is 41.3 Å². The first-order valence-corrected chi connectivity index (χ1v) is 12.4. The summed E-state index contributed by atoms with van der Waals surface area (Å²) >= 11 is 0. The van der Waals surface area contributed by atoms with E-state index in [4.69, 9.17) is 0 Å². The lowest BCUT2D eigenvalue weighted by Crippen LogP contribution is -2.37. The Morgan fingerprint density at radius 3 is 2.61 bits per heavy atom. The van der Waals surface area contributed by atoms with E-state index in [0.717, 1.165) is 22.4 Å². The first kappa shape index (κ1) is 20.0. The summed E-state index contributed by atoms with van der Waals surface area (Å²) in [5.74, 6) is -0.310. The molecule has 2 atom stereocenters. The molecule has 1 aromatic rings. The van der Waals surface area contributed by atoms with Gasteiger partial charge in [0.25, 0.3) is 0 Å². The van der Waals surface area contributed by atoms with Crippen molar-refractivity contribution in [1.82, 2.24) is 10.2 Å². The average molecular weight is 439 g/mol. The third-order valence-corrected chi connectivity index (χ3v) is 7.08. The molecule has 1 unspecified atom stereocenters. The number of nitrogens with zero attached hydrogens (tertiary/aromatic N) is 1. The molecule has 5 nitrogen and oxygen atoms in total. The summed E-state index contributed by atoms with van der Waals surface area (Å²) in [6.45, 7) is 0. The minimum Gasteiger partial charge on any atom is -0.357 e. The predicted octanol–water partition coefficient (Wildman–Crippen LogP) is 3.63. The van der Waals surface area contributed by atoms with Gasteiger partial charge in [-0.1, -0.05) is 48.1 Å². The van der Waals surface area contributed by atoms with Crippen molar-refractivity contribution in [3.8, 4) is 0 Å². The zero-order valence-electron chi connectivity index (χ0n) is 17.1. The molecule has 0 saturated carbocycles. The maximum atomic E-state index is 15.0. The van der Waals surface area contributed by atoms with Crippen LogP contribution in [0.15, 0.2) is 88.7 Å². The van der Waals surface area contributed by atoms with E-state index in [2.05, 4.69) is 5.32 Å². The molecule has 0 saturated heterocycles. The van der Waals surface area contributed by atoms with Crippen molar-refractivity contribution in [2.24, 2.45) is 0 Å². The molecule has 2 aliphatic carbocycles. The average Bonchev–Trinajstić information content (AvgIpc) is 3.24. The van der Waals surface area contributed by atoms with Gasteiger partial charge in [0, 0.05) is 30.4 Å². The molecular weight excluding hydrogens is 415 g/mol. The highest BCUT2D eigenvalue weighted by molar-refractivity contribution is 7.90. The quantitative estimate of drug-likeness (QED) is 0.778. The number of ketones is 1. The minimum atomic E-state index is -3.09. The molecule has 0 fully saturated rings. The number of benzene rings is 1. The number of Topliss-reactive ketones (excluding diaryl/α,β-unsaturated/α-hetero) is 1. The molecule has 0 radical (unpaired) electrons. The summed E-state index contributed by atoms with van der Waals surface area (Å²) in [6.07, 6.45) is 9.29. The van der Waals surface area contributed by atoms with Gasteiger partial charge in [0.15, 0.2) is 15.6 Å². The number of fused-ring (bicyclic) bond motifs is 2. The van der Waals surface area contributed by atoms with Gasteiger partial charge in [0.05, 0.1) is 11.4 Å². The first-order chi connectivity index (χ1) is 14.8. The van der Waals surface area contributed by atoms with Gasteiger partial charge in [0.1, 0.15) is 17.7 Å². The van der Waals surface area contributed by atoms with Gasteiger partial charge in [0.2, 0.25) is 0 Å². The van der Waals surface area contributed by atoms with E-state index in [9.17, 15) is 17.6 Å². The Morgan fingerprint density at radius 2 is 1.94 bits per heavy atom. The lowest BCUT2D eigenvalue weighted by molar-refractivity contribution is -0.115. The van der Waals surface area contributed by atoms with Crippen LogP contribution in [0.25, 0.3) is 0 Å². The number of nitrogens with one attached hydrogen (secondary N) is 1. The number of allylic oxidation sites excluding steroid dienone is 7. The van der Waals surface area contributed by atoms with Crippen LogP contribution in [0.3, 0.4) is 0 Å². The molecule has 2 aliphatic heterocycles. The molecule has 4 aliphatic rings. The Hall–Kier alpha value is -2.93. The van der Waals surface area contributed by atoms with Gasteiger partial charge in [-0.05, 0) is 30.1 Å². The zero-order valence-corrected chi connectivity index (χ0v) is 18.0. The van der Waals surface area contributed by atoms with Crippen LogP contribution in [-0.4, -0.2) is 37.3 Å². The van der Waals surface area contributed by atoms with Crippen LogP contribution in [-0.2, 0) is 14.6 Å². The second-order valence-electron chi connectivity index (χ2n) is 8.49. The van der Waals surface area contributed by atoms with Crippen molar-refractivity contribution < 1.29 is 17.6 Å². The van der Waals surface area contributed by atoms with E-state index < -0.39 is 16.0 Å². The van der Waals surface area contributed by atoms with Gasteiger partial charge in [-0.3, -0.25) is 4.79 Å². The number of carbonyl (C=O) groups excluding carboxylic acids is 1. The topological polar surface area (TPSA) is 66.5 Å². The van der Waals surface area contributed by atoms with Crippen LogP contribution in [0.1, 0.15) is 30.7 Å². The Balaban J connectivity index is 1.48. The summed E-state index contributed by atoms with van der Waals surface area (Å²) in [6, 6.07) is 9.91. The summed E-state index contributed by atoms with van der Waals surface area (Å²) < 4.78 is 38.1. The Labute approximate surface area is 181 Å². The number of hydrogen-bond donors (Lipinski definition) is 1. The van der Waals surface area contributed by atoms with Gasteiger partial charge in [-0.2, -0.15) is 0 Å². The molecule has 0 spiro atoms. The van der Waals surface area contributed by atoms with Crippen molar-refractivity contribution in [2.45, 2.75) is 31.3 Å². The van der Waals surface area contributed by atoms with Crippen LogP contribution in [0.4, 0.5) is 4.39 Å². The second kappa shape index (κ2) is 7.34. The molecule has 2 heterocycles. The monoisotopic (exact) mass is 438 g/mol. The van der Waals surface area contributed by atoms with Gasteiger partial charge < -0.3 is 10.2 Å². The van der Waals surface area contributed by atoms with Gasteiger partial charge in [-0.25, -0.2) is 12.8 Å². The fourth-order valence-electron chi connectivity index (χ4n) is 4.79. The van der Waals surface area contributed by atoms with Crippen molar-refractivity contribution in [3.05, 3.63) is 94.3 Å². The normalized spacial score (nSPS) is 25.4. The maximum Gasteiger partial charge on any atom is 0.181 e. The molecule has 0 amide bonds. The van der Waals surface area contributed by atoms with E-state index in [1.54, 1.807) is 12.3 Å². The highest BCUT2D eigenvalue weighted by Gasteiger charge is 2.44. The van der Waals surface area contributed by atoms with Crippen LogP contribution < -0.4 is 5.32 Å². The molecule has 5 rings (SSSR count). The van der Waals surface area contributed by atoms with Gasteiger partial charge in [-0.15, -0.1) is 0 Å². The van der Waals surface area contributed by atoms with Crippen molar-refractivity contribution in [1.29, 1.82) is 0 Å². The van der Waals surface area contributed by atoms with Gasteiger partial charge >= 0.3 is 0 Å². The second-order valence-corrected chi connectivity index (χ2v) is 10.6. The molecule has 0 aromatic heterocycles. The fraction of sp³-hybridized carbons (Fsp3) is 0.292. The molecular formula is C24H23FN2O3S. The largest absolute Gasteiger partial charge is 0.357 e. The summed E-state index contributed by atoms with van der Waals surface area (Å²) in [4.78, 5) is 14.6. The van der Waals surface area contributed by atoms with Crippen LogP contribution in [0.2, 0.25) is 0 Å². The van der Waals surface area contributed by atoms with Crippen LogP contribution in [0.5, 0.6) is 0 Å². The Bertz CT molecular complexity index is 1220. The number of hydrogen-bond acceptors (Lipinski definition) is 5. The zero-order chi connectivity index (χ0) is 21.8. The van der Waals surface area contributed by atoms with Crippen molar-refractivity contribution in [3.63, 3.8) is 0 Å².